The molecular weight excluding hydrogens is 454 g/mol. The monoisotopic (exact) mass is 485 g/mol. The Morgan fingerprint density at radius 3 is 2.35 bits per heavy atom. The molecule has 2 saturated heterocycles. The van der Waals surface area contributed by atoms with Crippen molar-refractivity contribution in [2.75, 3.05) is 38.2 Å². The summed E-state index contributed by atoms with van der Waals surface area (Å²) < 4.78 is 33.7. The molecule has 2 aromatic carbocycles. The first-order chi connectivity index (χ1) is 16.2. The molecule has 0 spiro atoms. The van der Waals surface area contributed by atoms with Gasteiger partial charge in [-0.1, -0.05) is 23.8 Å². The van der Waals surface area contributed by atoms with Gasteiger partial charge in [0.2, 0.25) is 15.9 Å². The van der Waals surface area contributed by atoms with Gasteiger partial charge in [-0.15, -0.1) is 0 Å². The van der Waals surface area contributed by atoms with Gasteiger partial charge >= 0.3 is 0 Å². The fraction of sp³-hybridized carbons (Fsp3) is 0.440. The summed E-state index contributed by atoms with van der Waals surface area (Å²) in [6, 6.07) is 9.66. The van der Waals surface area contributed by atoms with Crippen LogP contribution in [-0.2, 0) is 19.6 Å². The molecule has 0 aliphatic carbocycles. The van der Waals surface area contributed by atoms with Crippen LogP contribution in [0.15, 0.2) is 41.3 Å². The summed E-state index contributed by atoms with van der Waals surface area (Å²) in [5.74, 6) is -0.505. The van der Waals surface area contributed by atoms with Crippen LogP contribution < -0.4 is 5.32 Å². The summed E-state index contributed by atoms with van der Waals surface area (Å²) in [6.07, 6.45) is 1.05. The highest BCUT2D eigenvalue weighted by atomic mass is 32.2. The number of aryl methyl sites for hydroxylation is 3. The maximum atomic E-state index is 13.6. The van der Waals surface area contributed by atoms with Gasteiger partial charge in [0.1, 0.15) is 6.04 Å². The minimum atomic E-state index is -3.84. The van der Waals surface area contributed by atoms with E-state index in [2.05, 4.69) is 5.32 Å². The zero-order valence-electron chi connectivity index (χ0n) is 19.8. The van der Waals surface area contributed by atoms with Gasteiger partial charge in [0.05, 0.1) is 18.1 Å². The standard InChI is InChI=1S/C25H31N3O5S/c1-17-14-18(2)23(19(3)15-17)34(31,32)28-9-5-8-22(28)24(29)26-21-7-4-6-20(16-21)25(30)27-10-12-33-13-11-27/h4,6-7,14-16,22H,5,8-13H2,1-3H3,(H,26,29). The number of rotatable bonds is 5. The molecule has 182 valence electrons. The summed E-state index contributed by atoms with van der Waals surface area (Å²) in [6.45, 7) is 7.87. The van der Waals surface area contributed by atoms with Crippen LogP contribution >= 0.6 is 0 Å². The number of carbonyl (C=O) groups excluding carboxylic acids is 2. The van der Waals surface area contributed by atoms with Crippen molar-refractivity contribution in [1.82, 2.24) is 9.21 Å². The van der Waals surface area contributed by atoms with Crippen molar-refractivity contribution in [3.8, 4) is 0 Å². The number of hydrogen-bond acceptors (Lipinski definition) is 5. The number of morpholine rings is 1. The minimum absolute atomic E-state index is 0.116. The maximum Gasteiger partial charge on any atom is 0.254 e. The van der Waals surface area contributed by atoms with Crippen LogP contribution in [0.1, 0.15) is 39.9 Å². The molecule has 2 heterocycles. The van der Waals surface area contributed by atoms with Crippen molar-refractivity contribution in [3.63, 3.8) is 0 Å². The predicted molar refractivity (Wildman–Crippen MR) is 129 cm³/mol. The molecule has 34 heavy (non-hydrogen) atoms. The Morgan fingerprint density at radius 1 is 1.00 bits per heavy atom. The summed E-state index contributed by atoms with van der Waals surface area (Å²) in [5, 5.41) is 2.83. The molecule has 4 rings (SSSR count). The van der Waals surface area contributed by atoms with E-state index in [1.54, 1.807) is 43.0 Å². The number of sulfonamides is 1. The Balaban J connectivity index is 1.53. The maximum absolute atomic E-state index is 13.6. The van der Waals surface area contributed by atoms with Crippen LogP contribution in [0.4, 0.5) is 5.69 Å². The second kappa shape index (κ2) is 9.85. The normalized spacial score (nSPS) is 19.3. The third-order valence-corrected chi connectivity index (χ3v) is 8.57. The highest BCUT2D eigenvalue weighted by Crippen LogP contribution is 2.31. The number of hydrogen-bond donors (Lipinski definition) is 1. The first-order valence-corrected chi connectivity index (χ1v) is 13.0. The highest BCUT2D eigenvalue weighted by Gasteiger charge is 2.40. The molecule has 2 fully saturated rings. The van der Waals surface area contributed by atoms with Gasteiger partial charge < -0.3 is 15.0 Å². The lowest BCUT2D eigenvalue weighted by Crippen LogP contribution is -2.43. The van der Waals surface area contributed by atoms with E-state index in [4.69, 9.17) is 4.74 Å². The molecule has 2 aromatic rings. The van der Waals surface area contributed by atoms with E-state index in [1.807, 2.05) is 19.1 Å². The molecule has 2 aliphatic rings. The van der Waals surface area contributed by atoms with E-state index in [9.17, 15) is 18.0 Å². The second-order valence-electron chi connectivity index (χ2n) is 8.98. The van der Waals surface area contributed by atoms with E-state index in [0.29, 0.717) is 68.1 Å². The smallest absolute Gasteiger partial charge is 0.254 e. The SMILES string of the molecule is Cc1cc(C)c(S(=O)(=O)N2CCCC2C(=O)Nc2cccc(C(=O)N3CCOCC3)c2)c(C)c1. The largest absolute Gasteiger partial charge is 0.378 e. The molecule has 1 N–H and O–H groups in total. The Labute approximate surface area is 200 Å². The van der Waals surface area contributed by atoms with E-state index < -0.39 is 16.1 Å². The second-order valence-corrected chi connectivity index (χ2v) is 10.8. The fourth-order valence-corrected chi connectivity index (χ4v) is 6.96. The predicted octanol–water partition coefficient (Wildman–Crippen LogP) is 2.88. The molecule has 0 bridgehead atoms. The zero-order valence-corrected chi connectivity index (χ0v) is 20.7. The molecule has 9 heteroatoms. The van der Waals surface area contributed by atoms with Crippen molar-refractivity contribution in [3.05, 3.63) is 58.7 Å². The Bertz CT molecular complexity index is 1180. The van der Waals surface area contributed by atoms with Crippen LogP contribution in [-0.4, -0.2) is 68.3 Å². The van der Waals surface area contributed by atoms with E-state index in [-0.39, 0.29) is 16.7 Å². The average Bonchev–Trinajstić information content (AvgIpc) is 3.30. The summed E-state index contributed by atoms with van der Waals surface area (Å²) in [7, 11) is -3.84. The van der Waals surface area contributed by atoms with Crippen LogP contribution in [0.25, 0.3) is 0 Å². The number of nitrogens with one attached hydrogen (secondary N) is 1. The summed E-state index contributed by atoms with van der Waals surface area (Å²) >= 11 is 0. The lowest BCUT2D eigenvalue weighted by molar-refractivity contribution is -0.119. The zero-order chi connectivity index (χ0) is 24.5. The average molecular weight is 486 g/mol. The quantitative estimate of drug-likeness (QED) is 0.703. The van der Waals surface area contributed by atoms with Crippen molar-refractivity contribution in [2.45, 2.75) is 44.6 Å². The van der Waals surface area contributed by atoms with Gasteiger partial charge in [0.25, 0.3) is 5.91 Å². The molecule has 2 aliphatic heterocycles. The van der Waals surface area contributed by atoms with Gasteiger partial charge in [0, 0.05) is 30.9 Å². The number of ether oxygens (including phenoxy) is 1. The first kappa shape index (κ1) is 24.4. The topological polar surface area (TPSA) is 96.0 Å². The minimum Gasteiger partial charge on any atom is -0.378 e. The number of amides is 2. The number of benzene rings is 2. The summed E-state index contributed by atoms with van der Waals surface area (Å²) in [5.41, 5.74) is 3.30. The molecule has 0 radical (unpaired) electrons. The number of nitrogens with zero attached hydrogens (tertiary/aromatic N) is 2. The van der Waals surface area contributed by atoms with Gasteiger partial charge in [-0.3, -0.25) is 9.59 Å². The molecule has 1 atom stereocenters. The van der Waals surface area contributed by atoms with E-state index >= 15 is 0 Å². The van der Waals surface area contributed by atoms with E-state index in [0.717, 1.165) is 5.56 Å². The van der Waals surface area contributed by atoms with Crippen LogP contribution in [0.2, 0.25) is 0 Å². The first-order valence-electron chi connectivity index (χ1n) is 11.6. The van der Waals surface area contributed by atoms with Gasteiger partial charge in [-0.05, 0) is 62.9 Å². The molecule has 8 nitrogen and oxygen atoms in total. The third kappa shape index (κ3) is 4.87. The van der Waals surface area contributed by atoms with E-state index in [1.165, 1.54) is 4.31 Å². The molecule has 2 amide bonds. The van der Waals surface area contributed by atoms with Crippen molar-refractivity contribution in [1.29, 1.82) is 0 Å². The van der Waals surface area contributed by atoms with Gasteiger partial charge in [-0.25, -0.2) is 8.42 Å². The molecular formula is C25H31N3O5S. The summed E-state index contributed by atoms with van der Waals surface area (Å²) in [4.78, 5) is 28.0. The fourth-order valence-electron chi connectivity index (χ4n) is 4.89. The highest BCUT2D eigenvalue weighted by molar-refractivity contribution is 7.89. The van der Waals surface area contributed by atoms with Crippen molar-refractivity contribution in [2.24, 2.45) is 0 Å². The Hall–Kier alpha value is -2.75. The lowest BCUT2D eigenvalue weighted by Gasteiger charge is -2.27. The molecule has 0 aromatic heterocycles. The number of carbonyl (C=O) groups is 2. The van der Waals surface area contributed by atoms with Crippen LogP contribution in [0.3, 0.4) is 0 Å². The van der Waals surface area contributed by atoms with Crippen molar-refractivity contribution < 1.29 is 22.7 Å². The third-order valence-electron chi connectivity index (χ3n) is 6.35. The van der Waals surface area contributed by atoms with Crippen LogP contribution in [0, 0.1) is 20.8 Å². The Kier molecular flexibility index (Phi) is 7.06. The Morgan fingerprint density at radius 2 is 1.68 bits per heavy atom. The number of anilines is 1. The lowest BCUT2D eigenvalue weighted by atomic mass is 10.1. The van der Waals surface area contributed by atoms with Gasteiger partial charge in [0.15, 0.2) is 0 Å². The van der Waals surface area contributed by atoms with Crippen LogP contribution in [0.5, 0.6) is 0 Å². The van der Waals surface area contributed by atoms with Gasteiger partial charge in [-0.2, -0.15) is 4.31 Å². The van der Waals surface area contributed by atoms with Crippen molar-refractivity contribution >= 4 is 27.5 Å². The molecule has 0 saturated carbocycles. The molecule has 1 unspecified atom stereocenters.